The zero-order valence-corrected chi connectivity index (χ0v) is 11.8. The quantitative estimate of drug-likeness (QED) is 0.627. The van der Waals surface area contributed by atoms with Gasteiger partial charge >= 0.3 is 0 Å². The van der Waals surface area contributed by atoms with Gasteiger partial charge in [0, 0.05) is 18.6 Å². The molecule has 0 aliphatic carbocycles. The van der Waals surface area contributed by atoms with E-state index in [-0.39, 0.29) is 0 Å². The van der Waals surface area contributed by atoms with Gasteiger partial charge in [0.2, 0.25) is 0 Å². The molecular weight excluding hydrogens is 208 g/mol. The molecule has 98 valence electrons. The molecule has 2 nitrogen and oxygen atoms in total. The number of nitrogens with zero attached hydrogens (tertiary/aromatic N) is 2. The Balaban J connectivity index is 0.000000318. The fourth-order valence-corrected chi connectivity index (χ4v) is 1.58. The summed E-state index contributed by atoms with van der Waals surface area (Å²) in [7, 11) is 0. The van der Waals surface area contributed by atoms with Crippen molar-refractivity contribution in [3.63, 3.8) is 0 Å². The maximum absolute atomic E-state index is 3.92. The van der Waals surface area contributed by atoms with E-state index in [0.717, 1.165) is 5.69 Å². The average Bonchev–Trinajstić information content (AvgIpc) is 2.35. The van der Waals surface area contributed by atoms with Crippen molar-refractivity contribution in [2.24, 2.45) is 0 Å². The molecule has 0 aliphatic rings. The van der Waals surface area contributed by atoms with E-state index in [0.29, 0.717) is 0 Å². The van der Waals surface area contributed by atoms with E-state index < -0.39 is 0 Å². The minimum absolute atomic E-state index is 0.961. The molecule has 0 atom stereocenters. The van der Waals surface area contributed by atoms with Crippen LogP contribution in [0.15, 0.2) is 18.6 Å². The van der Waals surface area contributed by atoms with Crippen LogP contribution in [0.3, 0.4) is 0 Å². The van der Waals surface area contributed by atoms with E-state index in [2.05, 4.69) is 23.8 Å². The first kappa shape index (κ1) is 16.1. The molecule has 1 aromatic heterocycles. The fraction of sp³-hybridized carbons (Fsp3) is 0.733. The third kappa shape index (κ3) is 13.0. The van der Waals surface area contributed by atoms with Gasteiger partial charge in [-0.15, -0.1) is 0 Å². The Bertz CT molecular complexity index is 226. The van der Waals surface area contributed by atoms with Crippen molar-refractivity contribution in [3.8, 4) is 0 Å². The summed E-state index contributed by atoms with van der Waals surface area (Å²) >= 11 is 0. The van der Waals surface area contributed by atoms with Gasteiger partial charge in [0.15, 0.2) is 0 Å². The lowest BCUT2D eigenvalue weighted by Gasteiger charge is -1.97. The molecule has 0 amide bonds. The molecule has 0 aliphatic heterocycles. The summed E-state index contributed by atoms with van der Waals surface area (Å²) in [5, 5.41) is 0. The highest BCUT2D eigenvalue weighted by Gasteiger charge is 1.87. The zero-order chi connectivity index (χ0) is 12.8. The molecule has 0 unspecified atom stereocenters. The Hall–Kier alpha value is -0.920. The monoisotopic (exact) mass is 236 g/mol. The van der Waals surface area contributed by atoms with E-state index in [1.807, 2.05) is 6.92 Å². The lowest BCUT2D eigenvalue weighted by Crippen LogP contribution is -1.77. The number of unbranched alkanes of at least 4 members (excludes halogenated alkanes) is 7. The number of aryl methyl sites for hydroxylation is 1. The zero-order valence-electron chi connectivity index (χ0n) is 11.8. The first-order chi connectivity index (χ1) is 8.31. The predicted octanol–water partition coefficient (Wildman–Crippen LogP) is 4.93. The molecule has 0 fully saturated rings. The van der Waals surface area contributed by atoms with Gasteiger partial charge in [-0.3, -0.25) is 9.97 Å². The van der Waals surface area contributed by atoms with Gasteiger partial charge < -0.3 is 0 Å². The molecular formula is C15H28N2. The first-order valence-corrected chi connectivity index (χ1v) is 7.03. The summed E-state index contributed by atoms with van der Waals surface area (Å²) < 4.78 is 0. The fourth-order valence-electron chi connectivity index (χ4n) is 1.58. The molecule has 0 saturated heterocycles. The Morgan fingerprint density at radius 1 is 0.824 bits per heavy atom. The van der Waals surface area contributed by atoms with Crippen molar-refractivity contribution in [2.75, 3.05) is 0 Å². The molecule has 17 heavy (non-hydrogen) atoms. The molecule has 0 saturated carbocycles. The van der Waals surface area contributed by atoms with Gasteiger partial charge in [-0.2, -0.15) is 0 Å². The lowest BCUT2D eigenvalue weighted by atomic mass is 10.1. The second kappa shape index (κ2) is 13.1. The van der Waals surface area contributed by atoms with Crippen LogP contribution in [0.25, 0.3) is 0 Å². The summed E-state index contributed by atoms with van der Waals surface area (Å²) in [5.74, 6) is 0. The van der Waals surface area contributed by atoms with E-state index >= 15 is 0 Å². The van der Waals surface area contributed by atoms with Crippen LogP contribution in [0.4, 0.5) is 0 Å². The summed E-state index contributed by atoms with van der Waals surface area (Å²) in [5.41, 5.74) is 0.961. The largest absolute Gasteiger partial charge is 0.261 e. The molecule has 0 spiro atoms. The SMILES string of the molecule is CCCCCCCCCC.Cc1cnccn1. The Kier molecular flexibility index (Phi) is 12.4. The van der Waals surface area contributed by atoms with E-state index in [9.17, 15) is 0 Å². The molecule has 0 radical (unpaired) electrons. The standard InChI is InChI=1S/C10H22.C5H6N2/c1-3-5-7-9-10-8-6-4-2;1-5-4-6-2-3-7-5/h3-10H2,1-2H3;2-4H,1H3. The van der Waals surface area contributed by atoms with E-state index in [4.69, 9.17) is 0 Å². The smallest absolute Gasteiger partial charge is 0.0555 e. The molecule has 1 heterocycles. The van der Waals surface area contributed by atoms with Gasteiger partial charge in [-0.25, -0.2) is 0 Å². The molecule has 0 bridgehead atoms. The molecule has 0 aromatic carbocycles. The highest BCUT2D eigenvalue weighted by molar-refractivity contribution is 4.88. The van der Waals surface area contributed by atoms with Crippen LogP contribution in [0.1, 0.15) is 70.9 Å². The minimum atomic E-state index is 0.961. The van der Waals surface area contributed by atoms with Crippen LogP contribution in [0.5, 0.6) is 0 Å². The third-order valence-corrected chi connectivity index (χ3v) is 2.65. The van der Waals surface area contributed by atoms with Gasteiger partial charge in [0.05, 0.1) is 5.69 Å². The average molecular weight is 236 g/mol. The van der Waals surface area contributed by atoms with Crippen molar-refractivity contribution in [3.05, 3.63) is 24.3 Å². The predicted molar refractivity (Wildman–Crippen MR) is 75.1 cm³/mol. The van der Waals surface area contributed by atoms with Crippen LogP contribution >= 0.6 is 0 Å². The van der Waals surface area contributed by atoms with Crippen molar-refractivity contribution in [1.29, 1.82) is 0 Å². The normalized spacial score (nSPS) is 9.59. The van der Waals surface area contributed by atoms with Gasteiger partial charge in [-0.05, 0) is 6.92 Å². The Morgan fingerprint density at radius 3 is 1.65 bits per heavy atom. The van der Waals surface area contributed by atoms with Crippen molar-refractivity contribution < 1.29 is 0 Å². The van der Waals surface area contributed by atoms with Gasteiger partial charge in [0.1, 0.15) is 0 Å². The number of aromatic nitrogens is 2. The van der Waals surface area contributed by atoms with Crippen LogP contribution in [-0.2, 0) is 0 Å². The van der Waals surface area contributed by atoms with E-state index in [1.165, 1.54) is 51.4 Å². The van der Waals surface area contributed by atoms with Crippen molar-refractivity contribution >= 4 is 0 Å². The van der Waals surface area contributed by atoms with Crippen LogP contribution in [0, 0.1) is 6.92 Å². The molecule has 1 aromatic rings. The molecule has 2 heteroatoms. The summed E-state index contributed by atoms with van der Waals surface area (Å²) in [6.45, 7) is 6.45. The Morgan fingerprint density at radius 2 is 1.35 bits per heavy atom. The summed E-state index contributed by atoms with van der Waals surface area (Å²) in [6, 6.07) is 0. The number of rotatable bonds is 7. The topological polar surface area (TPSA) is 25.8 Å². The van der Waals surface area contributed by atoms with Crippen molar-refractivity contribution in [2.45, 2.75) is 72.1 Å². The third-order valence-electron chi connectivity index (χ3n) is 2.65. The number of hydrogen-bond acceptors (Lipinski definition) is 2. The van der Waals surface area contributed by atoms with Crippen LogP contribution < -0.4 is 0 Å². The van der Waals surface area contributed by atoms with Gasteiger partial charge in [-0.1, -0.05) is 65.2 Å². The van der Waals surface area contributed by atoms with E-state index in [1.54, 1.807) is 18.6 Å². The maximum atomic E-state index is 3.92. The maximum Gasteiger partial charge on any atom is 0.0555 e. The van der Waals surface area contributed by atoms with Gasteiger partial charge in [0.25, 0.3) is 0 Å². The van der Waals surface area contributed by atoms with Crippen LogP contribution in [-0.4, -0.2) is 9.97 Å². The second-order valence-electron chi connectivity index (χ2n) is 4.47. The van der Waals surface area contributed by atoms with Crippen LogP contribution in [0.2, 0.25) is 0 Å². The highest BCUT2D eigenvalue weighted by atomic mass is 14.7. The summed E-state index contributed by atoms with van der Waals surface area (Å²) in [4.78, 5) is 7.74. The highest BCUT2D eigenvalue weighted by Crippen LogP contribution is 2.07. The summed E-state index contributed by atoms with van der Waals surface area (Å²) in [6.07, 6.45) is 16.5. The minimum Gasteiger partial charge on any atom is -0.261 e. The van der Waals surface area contributed by atoms with Crippen molar-refractivity contribution in [1.82, 2.24) is 9.97 Å². The lowest BCUT2D eigenvalue weighted by molar-refractivity contribution is 0.585. The molecule has 1 rings (SSSR count). The Labute approximate surface area is 107 Å². The second-order valence-corrected chi connectivity index (χ2v) is 4.47. The first-order valence-electron chi connectivity index (χ1n) is 7.03. The molecule has 0 N–H and O–H groups in total. The number of hydrogen-bond donors (Lipinski definition) is 0.